The molecular weight excluding hydrogens is 266 g/mol. The second-order valence-electron chi connectivity index (χ2n) is 4.65. The van der Waals surface area contributed by atoms with Gasteiger partial charge in [-0.2, -0.15) is 0 Å². The molecule has 0 radical (unpaired) electrons. The number of carbonyl (C=O) groups excluding carboxylic acids is 1. The number of rotatable bonds is 1. The van der Waals surface area contributed by atoms with Crippen LogP contribution in [0.15, 0.2) is 12.4 Å². The molecule has 1 atom stereocenters. The molecule has 0 spiro atoms. The fraction of sp³-hybridized carbons (Fsp3) is 0.333. The maximum absolute atomic E-state index is 11.8. The largest absolute Gasteiger partial charge is 0.345 e. The molecular formula is C12H12ClN5O. The highest BCUT2D eigenvalue weighted by atomic mass is 35.5. The molecule has 0 bridgehead atoms. The summed E-state index contributed by atoms with van der Waals surface area (Å²) >= 11 is 5.81. The molecule has 3 rings (SSSR count). The van der Waals surface area contributed by atoms with Crippen molar-refractivity contribution in [2.45, 2.75) is 26.4 Å². The van der Waals surface area contributed by atoms with E-state index in [-0.39, 0.29) is 17.2 Å². The van der Waals surface area contributed by atoms with Crippen LogP contribution in [0.5, 0.6) is 0 Å². The Morgan fingerprint density at radius 3 is 3.05 bits per heavy atom. The highest BCUT2D eigenvalue weighted by Gasteiger charge is 2.24. The van der Waals surface area contributed by atoms with Gasteiger partial charge in [0, 0.05) is 25.0 Å². The molecule has 19 heavy (non-hydrogen) atoms. The van der Waals surface area contributed by atoms with Crippen molar-refractivity contribution in [2.75, 3.05) is 0 Å². The molecule has 7 heteroatoms. The molecule has 6 nitrogen and oxygen atoms in total. The number of fused-ring (bicyclic) bond motifs is 1. The molecule has 1 N–H and O–H groups in total. The smallest absolute Gasteiger partial charge is 0.287 e. The van der Waals surface area contributed by atoms with Crippen LogP contribution < -0.4 is 5.32 Å². The van der Waals surface area contributed by atoms with E-state index < -0.39 is 0 Å². The zero-order valence-corrected chi connectivity index (χ0v) is 11.3. The van der Waals surface area contributed by atoms with E-state index in [1.54, 1.807) is 6.20 Å². The number of aromatic nitrogens is 4. The van der Waals surface area contributed by atoms with Crippen molar-refractivity contribution >= 4 is 17.5 Å². The maximum atomic E-state index is 11.8. The fourth-order valence-corrected chi connectivity index (χ4v) is 2.29. The Morgan fingerprint density at radius 1 is 1.47 bits per heavy atom. The van der Waals surface area contributed by atoms with E-state index in [4.69, 9.17) is 11.6 Å². The Morgan fingerprint density at radius 2 is 2.26 bits per heavy atom. The van der Waals surface area contributed by atoms with E-state index in [0.717, 1.165) is 5.56 Å². The molecule has 3 heterocycles. The number of carbonyl (C=O) groups is 1. The van der Waals surface area contributed by atoms with Gasteiger partial charge in [-0.1, -0.05) is 0 Å². The van der Waals surface area contributed by atoms with Gasteiger partial charge < -0.3 is 9.88 Å². The predicted molar refractivity (Wildman–Crippen MR) is 69.9 cm³/mol. The lowest BCUT2D eigenvalue weighted by Gasteiger charge is -2.20. The average molecular weight is 278 g/mol. The summed E-state index contributed by atoms with van der Waals surface area (Å²) in [6, 6.07) is 0.0946. The number of imidazole rings is 1. The van der Waals surface area contributed by atoms with Crippen molar-refractivity contribution in [3.05, 3.63) is 29.1 Å². The molecule has 1 aliphatic heterocycles. The van der Waals surface area contributed by atoms with Crippen LogP contribution in [0.25, 0.3) is 11.4 Å². The molecule has 0 saturated carbocycles. The first-order valence-corrected chi connectivity index (χ1v) is 6.30. The summed E-state index contributed by atoms with van der Waals surface area (Å²) in [5.41, 5.74) is 2.16. The first-order chi connectivity index (χ1) is 9.04. The molecule has 2 aromatic heterocycles. The predicted octanol–water partition coefficient (Wildman–Crippen LogP) is 1.43. The number of aryl methyl sites for hydroxylation is 1. The second-order valence-corrected chi connectivity index (χ2v) is 4.99. The van der Waals surface area contributed by atoms with Crippen molar-refractivity contribution in [2.24, 2.45) is 0 Å². The summed E-state index contributed by atoms with van der Waals surface area (Å²) in [5.74, 6) is 0.241. The second kappa shape index (κ2) is 4.31. The Kier molecular flexibility index (Phi) is 2.74. The fourth-order valence-electron chi connectivity index (χ4n) is 2.16. The highest BCUT2D eigenvalue weighted by molar-refractivity contribution is 6.28. The quantitative estimate of drug-likeness (QED) is 0.801. The van der Waals surface area contributed by atoms with Crippen LogP contribution in [0.4, 0.5) is 0 Å². The van der Waals surface area contributed by atoms with Gasteiger partial charge in [-0.05, 0) is 31.0 Å². The molecule has 2 aromatic rings. The summed E-state index contributed by atoms with van der Waals surface area (Å²) in [4.78, 5) is 24.3. The minimum atomic E-state index is -0.164. The molecule has 1 aliphatic rings. The molecule has 1 amide bonds. The lowest BCUT2D eigenvalue weighted by Crippen LogP contribution is -2.42. The van der Waals surface area contributed by atoms with Crippen LogP contribution in [0.2, 0.25) is 5.28 Å². The van der Waals surface area contributed by atoms with Gasteiger partial charge in [-0.3, -0.25) is 4.79 Å². The number of hydrogen-bond donors (Lipinski definition) is 1. The summed E-state index contributed by atoms with van der Waals surface area (Å²) in [7, 11) is 0. The van der Waals surface area contributed by atoms with Crippen molar-refractivity contribution in [1.29, 1.82) is 0 Å². The van der Waals surface area contributed by atoms with Crippen molar-refractivity contribution in [3.63, 3.8) is 0 Å². The Bertz CT molecular complexity index is 666. The lowest BCUT2D eigenvalue weighted by atomic mass is 10.2. The van der Waals surface area contributed by atoms with Crippen LogP contribution in [0, 0.1) is 6.92 Å². The van der Waals surface area contributed by atoms with Gasteiger partial charge in [0.2, 0.25) is 5.28 Å². The molecule has 0 fully saturated rings. The average Bonchev–Trinajstić information content (AvgIpc) is 2.76. The summed E-state index contributed by atoms with van der Waals surface area (Å²) < 4.78 is 1.84. The summed E-state index contributed by atoms with van der Waals surface area (Å²) in [6.07, 6.45) is 3.47. The van der Waals surface area contributed by atoms with Crippen LogP contribution in [0.1, 0.15) is 23.1 Å². The van der Waals surface area contributed by atoms with Crippen molar-refractivity contribution in [1.82, 2.24) is 24.8 Å². The monoisotopic (exact) mass is 277 g/mol. The highest BCUT2D eigenvalue weighted by Crippen LogP contribution is 2.22. The lowest BCUT2D eigenvalue weighted by molar-refractivity contribution is 0.0900. The van der Waals surface area contributed by atoms with Gasteiger partial charge in [0.05, 0.1) is 5.69 Å². The zero-order valence-electron chi connectivity index (χ0n) is 10.5. The molecule has 1 unspecified atom stereocenters. The summed E-state index contributed by atoms with van der Waals surface area (Å²) in [5, 5.41) is 3.02. The van der Waals surface area contributed by atoms with E-state index in [2.05, 4.69) is 20.3 Å². The number of nitrogens with zero attached hydrogens (tertiary/aromatic N) is 4. The van der Waals surface area contributed by atoms with E-state index in [9.17, 15) is 4.79 Å². The van der Waals surface area contributed by atoms with Crippen LogP contribution in [-0.4, -0.2) is 31.5 Å². The van der Waals surface area contributed by atoms with E-state index in [1.165, 1.54) is 0 Å². The topological polar surface area (TPSA) is 72.7 Å². The van der Waals surface area contributed by atoms with Gasteiger partial charge in [0.25, 0.3) is 5.91 Å². The van der Waals surface area contributed by atoms with Gasteiger partial charge in [-0.15, -0.1) is 0 Å². The third-order valence-electron chi connectivity index (χ3n) is 3.01. The zero-order chi connectivity index (χ0) is 13.6. The number of hydrogen-bond acceptors (Lipinski definition) is 4. The summed E-state index contributed by atoms with van der Waals surface area (Å²) in [6.45, 7) is 4.53. The first-order valence-electron chi connectivity index (χ1n) is 5.92. The molecule has 0 aromatic carbocycles. The van der Waals surface area contributed by atoms with Gasteiger partial charge in [0.1, 0.15) is 5.69 Å². The number of halogens is 1. The molecule has 0 saturated heterocycles. The van der Waals surface area contributed by atoms with Crippen LogP contribution in [-0.2, 0) is 6.54 Å². The van der Waals surface area contributed by atoms with Gasteiger partial charge >= 0.3 is 0 Å². The third kappa shape index (κ3) is 2.08. The van der Waals surface area contributed by atoms with E-state index in [1.807, 2.05) is 24.6 Å². The first kappa shape index (κ1) is 12.1. The minimum absolute atomic E-state index is 0.0946. The standard InChI is InChI=1S/C12H12ClN5O/c1-6-3-14-12(13)17-9(6)8-5-18-4-7(2)15-11(19)10(18)16-8/h3,5,7H,4H2,1-2H3,(H,15,19). The Balaban J connectivity index is 2.10. The third-order valence-corrected chi connectivity index (χ3v) is 3.19. The van der Waals surface area contributed by atoms with Gasteiger partial charge in [0.15, 0.2) is 5.82 Å². The van der Waals surface area contributed by atoms with E-state index >= 15 is 0 Å². The van der Waals surface area contributed by atoms with Crippen LogP contribution >= 0.6 is 11.6 Å². The SMILES string of the molecule is Cc1cnc(Cl)nc1-c1cn2c(n1)C(=O)NC(C)C2. The van der Waals surface area contributed by atoms with Crippen molar-refractivity contribution < 1.29 is 4.79 Å². The Labute approximate surface area is 114 Å². The maximum Gasteiger partial charge on any atom is 0.287 e. The number of amides is 1. The minimum Gasteiger partial charge on any atom is -0.345 e. The molecule has 98 valence electrons. The number of nitrogens with one attached hydrogen (secondary N) is 1. The van der Waals surface area contributed by atoms with Gasteiger partial charge in [-0.25, -0.2) is 15.0 Å². The Hall–Kier alpha value is -1.95. The molecule has 0 aliphatic carbocycles. The van der Waals surface area contributed by atoms with Crippen molar-refractivity contribution in [3.8, 4) is 11.4 Å². The normalized spacial score (nSPS) is 18.1. The van der Waals surface area contributed by atoms with E-state index in [0.29, 0.717) is 23.8 Å². The van der Waals surface area contributed by atoms with Crippen LogP contribution in [0.3, 0.4) is 0 Å².